The number of hydrogen-bond acceptors (Lipinski definition) is 3. The Morgan fingerprint density at radius 3 is 2.71 bits per heavy atom. The first kappa shape index (κ1) is 12.0. The van der Waals surface area contributed by atoms with Gasteiger partial charge >= 0.3 is 0 Å². The Morgan fingerprint density at radius 2 is 2.06 bits per heavy atom. The number of alkyl halides is 1. The van der Waals surface area contributed by atoms with Gasteiger partial charge in [-0.3, -0.25) is 4.79 Å². The van der Waals surface area contributed by atoms with E-state index in [4.69, 9.17) is 23.2 Å². The summed E-state index contributed by atoms with van der Waals surface area (Å²) in [5.74, 6) is -0.204. The zero-order valence-electron chi connectivity index (χ0n) is 8.60. The molecular formula is C11H8Cl2N2O2. The maximum atomic E-state index is 11.7. The number of benzene rings is 1. The molecule has 0 amide bonds. The molecule has 0 radical (unpaired) electrons. The van der Waals surface area contributed by atoms with Crippen LogP contribution in [0.15, 0.2) is 35.1 Å². The Kier molecular flexibility index (Phi) is 3.36. The summed E-state index contributed by atoms with van der Waals surface area (Å²) >= 11 is 11.6. The highest BCUT2D eigenvalue weighted by Crippen LogP contribution is 2.19. The largest absolute Gasteiger partial charge is 0.506 e. The maximum Gasteiger partial charge on any atom is 0.275 e. The van der Waals surface area contributed by atoms with E-state index in [1.54, 1.807) is 24.3 Å². The molecule has 2 aromatic rings. The van der Waals surface area contributed by atoms with Crippen LogP contribution in [0.5, 0.6) is 5.75 Å². The zero-order valence-corrected chi connectivity index (χ0v) is 10.1. The summed E-state index contributed by atoms with van der Waals surface area (Å²) < 4.78 is 1.11. The van der Waals surface area contributed by atoms with E-state index in [9.17, 15) is 9.90 Å². The first-order chi connectivity index (χ1) is 8.13. The molecule has 4 nitrogen and oxygen atoms in total. The molecule has 0 bridgehead atoms. The van der Waals surface area contributed by atoms with Gasteiger partial charge in [-0.05, 0) is 12.1 Å². The van der Waals surface area contributed by atoms with E-state index < -0.39 is 5.56 Å². The molecule has 0 spiro atoms. The van der Waals surface area contributed by atoms with Crippen LogP contribution in [-0.2, 0) is 5.88 Å². The van der Waals surface area contributed by atoms with E-state index >= 15 is 0 Å². The molecule has 1 N–H and O–H groups in total. The first-order valence-electron chi connectivity index (χ1n) is 4.76. The molecule has 88 valence electrons. The lowest BCUT2D eigenvalue weighted by molar-refractivity contribution is 0.460. The molecule has 0 aliphatic carbocycles. The van der Waals surface area contributed by atoms with Crippen LogP contribution in [0.2, 0.25) is 5.02 Å². The van der Waals surface area contributed by atoms with Gasteiger partial charge in [-0.25, -0.2) is 0 Å². The number of rotatable bonds is 2. The number of aromatic hydroxyl groups is 1. The van der Waals surface area contributed by atoms with Gasteiger partial charge in [0.25, 0.3) is 5.56 Å². The van der Waals surface area contributed by atoms with Crippen molar-refractivity contribution < 1.29 is 5.11 Å². The van der Waals surface area contributed by atoms with Gasteiger partial charge in [0, 0.05) is 6.07 Å². The molecule has 0 saturated carbocycles. The second-order valence-corrected chi connectivity index (χ2v) is 3.99. The average molecular weight is 271 g/mol. The van der Waals surface area contributed by atoms with E-state index in [-0.39, 0.29) is 17.3 Å². The van der Waals surface area contributed by atoms with E-state index in [0.29, 0.717) is 10.7 Å². The van der Waals surface area contributed by atoms with Crippen LogP contribution in [0.25, 0.3) is 5.69 Å². The Balaban J connectivity index is 2.68. The molecule has 2 rings (SSSR count). The van der Waals surface area contributed by atoms with Crippen LogP contribution >= 0.6 is 23.2 Å². The Bertz CT molecular complexity index is 611. The first-order valence-corrected chi connectivity index (χ1v) is 5.68. The van der Waals surface area contributed by atoms with Crippen molar-refractivity contribution in [3.8, 4) is 11.4 Å². The predicted octanol–water partition coefficient (Wildman–Crippen LogP) is 2.33. The lowest BCUT2D eigenvalue weighted by Crippen LogP contribution is -2.21. The van der Waals surface area contributed by atoms with Crippen LogP contribution < -0.4 is 5.56 Å². The number of aromatic nitrogens is 2. The van der Waals surface area contributed by atoms with Gasteiger partial charge < -0.3 is 5.11 Å². The molecule has 1 aromatic carbocycles. The molecule has 0 unspecified atom stereocenters. The second kappa shape index (κ2) is 4.77. The van der Waals surface area contributed by atoms with E-state index in [1.165, 1.54) is 0 Å². The summed E-state index contributed by atoms with van der Waals surface area (Å²) in [5.41, 5.74) is 0.209. The van der Waals surface area contributed by atoms with Crippen LogP contribution in [0.4, 0.5) is 0 Å². The molecule has 0 aliphatic rings. The SMILES string of the molecule is O=c1cc(O)c(CCl)nn1-c1ccccc1Cl. The molecule has 17 heavy (non-hydrogen) atoms. The number of para-hydroxylation sites is 1. The number of halogens is 2. The monoisotopic (exact) mass is 270 g/mol. The van der Waals surface area contributed by atoms with Gasteiger partial charge in [-0.2, -0.15) is 9.78 Å². The minimum Gasteiger partial charge on any atom is -0.506 e. The molecule has 1 aromatic heterocycles. The summed E-state index contributed by atoms with van der Waals surface area (Å²) in [4.78, 5) is 11.7. The minimum atomic E-state index is -0.468. The van der Waals surface area contributed by atoms with Crippen molar-refractivity contribution in [2.24, 2.45) is 0 Å². The van der Waals surface area contributed by atoms with Gasteiger partial charge in [0.15, 0.2) is 0 Å². The van der Waals surface area contributed by atoms with Crippen LogP contribution in [0.3, 0.4) is 0 Å². The van der Waals surface area contributed by atoms with Gasteiger partial charge in [0.1, 0.15) is 11.4 Å². The third-order valence-corrected chi connectivity index (χ3v) is 2.77. The van der Waals surface area contributed by atoms with E-state index in [1.807, 2.05) is 0 Å². The zero-order chi connectivity index (χ0) is 12.4. The molecule has 0 fully saturated rings. The van der Waals surface area contributed by atoms with Crippen LogP contribution in [0.1, 0.15) is 5.69 Å². The summed E-state index contributed by atoms with van der Waals surface area (Å²) in [6.45, 7) is 0. The van der Waals surface area contributed by atoms with Crippen molar-refractivity contribution in [2.45, 2.75) is 5.88 Å². The number of hydrogen-bond donors (Lipinski definition) is 1. The van der Waals surface area contributed by atoms with Crippen LogP contribution in [-0.4, -0.2) is 14.9 Å². The molecule has 0 saturated heterocycles. The van der Waals surface area contributed by atoms with Gasteiger partial charge in [0.2, 0.25) is 0 Å². The molecule has 1 heterocycles. The maximum absolute atomic E-state index is 11.7. The van der Waals surface area contributed by atoms with Crippen molar-refractivity contribution in [3.63, 3.8) is 0 Å². The van der Waals surface area contributed by atoms with Crippen molar-refractivity contribution in [1.29, 1.82) is 0 Å². The predicted molar refractivity (Wildman–Crippen MR) is 66.1 cm³/mol. The fourth-order valence-electron chi connectivity index (χ4n) is 1.37. The van der Waals surface area contributed by atoms with Crippen molar-refractivity contribution in [1.82, 2.24) is 9.78 Å². The van der Waals surface area contributed by atoms with E-state index in [2.05, 4.69) is 5.10 Å². The van der Waals surface area contributed by atoms with Gasteiger partial charge in [0.05, 0.1) is 16.6 Å². The minimum absolute atomic E-state index is 0.0105. The molecule has 0 atom stereocenters. The fourth-order valence-corrected chi connectivity index (χ4v) is 1.78. The third-order valence-electron chi connectivity index (χ3n) is 2.19. The van der Waals surface area contributed by atoms with Crippen molar-refractivity contribution >= 4 is 23.2 Å². The van der Waals surface area contributed by atoms with Crippen molar-refractivity contribution in [2.75, 3.05) is 0 Å². The highest BCUT2D eigenvalue weighted by atomic mass is 35.5. The lowest BCUT2D eigenvalue weighted by atomic mass is 10.3. The van der Waals surface area contributed by atoms with Gasteiger partial charge in [-0.1, -0.05) is 23.7 Å². The molecular weight excluding hydrogens is 263 g/mol. The van der Waals surface area contributed by atoms with Crippen LogP contribution in [0, 0.1) is 0 Å². The summed E-state index contributed by atoms with van der Waals surface area (Å²) in [6.07, 6.45) is 0. The fraction of sp³-hybridized carbons (Fsp3) is 0.0909. The Labute approximate surface area is 107 Å². The average Bonchev–Trinajstić information content (AvgIpc) is 2.31. The Hall–Kier alpha value is -1.52. The highest BCUT2D eigenvalue weighted by molar-refractivity contribution is 6.32. The third kappa shape index (κ3) is 2.28. The second-order valence-electron chi connectivity index (χ2n) is 3.31. The Morgan fingerprint density at radius 1 is 1.35 bits per heavy atom. The van der Waals surface area contributed by atoms with Gasteiger partial charge in [-0.15, -0.1) is 11.6 Å². The summed E-state index contributed by atoms with van der Waals surface area (Å²) in [7, 11) is 0. The quantitative estimate of drug-likeness (QED) is 0.853. The molecule has 0 aliphatic heterocycles. The topological polar surface area (TPSA) is 55.1 Å². The summed E-state index contributed by atoms with van der Waals surface area (Å²) in [6, 6.07) is 7.86. The highest BCUT2D eigenvalue weighted by Gasteiger charge is 2.10. The molecule has 6 heteroatoms. The van der Waals surface area contributed by atoms with Crippen molar-refractivity contribution in [3.05, 3.63) is 51.4 Å². The normalized spacial score (nSPS) is 10.5. The van der Waals surface area contributed by atoms with E-state index in [0.717, 1.165) is 10.7 Å². The lowest BCUT2D eigenvalue weighted by Gasteiger charge is -2.08. The smallest absolute Gasteiger partial charge is 0.275 e. The number of nitrogens with zero attached hydrogens (tertiary/aromatic N) is 2. The summed E-state index contributed by atoms with van der Waals surface area (Å²) in [5, 5.41) is 13.8. The standard InChI is InChI=1S/C11H8Cl2N2O2/c12-6-8-10(16)5-11(17)15(14-8)9-4-2-1-3-7(9)13/h1-5,16H,6H2.